The molecular formula is C19H33IN4O. The lowest BCUT2D eigenvalue weighted by Gasteiger charge is -2.29. The molecule has 0 bridgehead atoms. The average molecular weight is 460 g/mol. The van der Waals surface area contributed by atoms with E-state index >= 15 is 0 Å². The van der Waals surface area contributed by atoms with E-state index in [-0.39, 0.29) is 24.0 Å². The molecule has 5 nitrogen and oxygen atoms in total. The maximum Gasteiger partial charge on any atom is 0.191 e. The number of rotatable bonds is 8. The molecule has 0 amide bonds. The van der Waals surface area contributed by atoms with Crippen molar-refractivity contribution in [3.63, 3.8) is 0 Å². The van der Waals surface area contributed by atoms with E-state index in [0.717, 1.165) is 44.3 Å². The van der Waals surface area contributed by atoms with Crippen LogP contribution in [0.3, 0.4) is 0 Å². The smallest absolute Gasteiger partial charge is 0.191 e. The summed E-state index contributed by atoms with van der Waals surface area (Å²) in [5.74, 6) is 1.80. The third-order valence-electron chi connectivity index (χ3n) is 4.57. The van der Waals surface area contributed by atoms with Gasteiger partial charge in [-0.3, -0.25) is 9.89 Å². The minimum atomic E-state index is 0. The lowest BCUT2D eigenvalue weighted by Crippen LogP contribution is -2.42. The first-order valence-corrected chi connectivity index (χ1v) is 9.11. The molecule has 1 atom stereocenters. The molecule has 0 saturated carbocycles. The molecule has 0 spiro atoms. The maximum absolute atomic E-state index is 5.40. The molecule has 1 heterocycles. The SMILES string of the molecule is CCCCNC(=NC)NCC(c1cccc(OC)c1)N1CCCC1.I. The van der Waals surface area contributed by atoms with Gasteiger partial charge in [-0.25, -0.2) is 0 Å². The van der Waals surface area contributed by atoms with Crippen LogP contribution in [0.1, 0.15) is 44.2 Å². The summed E-state index contributed by atoms with van der Waals surface area (Å²) in [5.41, 5.74) is 1.30. The second-order valence-corrected chi connectivity index (χ2v) is 6.27. The van der Waals surface area contributed by atoms with Crippen LogP contribution in [0.4, 0.5) is 0 Å². The highest BCUT2D eigenvalue weighted by Gasteiger charge is 2.24. The Kier molecular flexibility index (Phi) is 10.9. The number of ether oxygens (including phenoxy) is 1. The first-order valence-electron chi connectivity index (χ1n) is 9.11. The summed E-state index contributed by atoms with van der Waals surface area (Å²) in [5, 5.41) is 6.88. The fraction of sp³-hybridized carbons (Fsp3) is 0.632. The highest BCUT2D eigenvalue weighted by Crippen LogP contribution is 2.27. The van der Waals surface area contributed by atoms with E-state index < -0.39 is 0 Å². The van der Waals surface area contributed by atoms with Crippen molar-refractivity contribution in [3.8, 4) is 5.75 Å². The van der Waals surface area contributed by atoms with Gasteiger partial charge in [-0.1, -0.05) is 25.5 Å². The fourth-order valence-electron chi connectivity index (χ4n) is 3.16. The van der Waals surface area contributed by atoms with Crippen LogP contribution in [0, 0.1) is 0 Å². The van der Waals surface area contributed by atoms with Gasteiger partial charge >= 0.3 is 0 Å². The molecule has 6 heteroatoms. The van der Waals surface area contributed by atoms with Gasteiger partial charge in [0.1, 0.15) is 5.75 Å². The van der Waals surface area contributed by atoms with E-state index in [4.69, 9.17) is 4.74 Å². The minimum absolute atomic E-state index is 0. The fourth-order valence-corrected chi connectivity index (χ4v) is 3.16. The topological polar surface area (TPSA) is 48.9 Å². The molecule has 0 aliphatic carbocycles. The Morgan fingerprint density at radius 2 is 2.04 bits per heavy atom. The quantitative estimate of drug-likeness (QED) is 0.270. The minimum Gasteiger partial charge on any atom is -0.497 e. The van der Waals surface area contributed by atoms with Crippen molar-refractivity contribution >= 4 is 29.9 Å². The van der Waals surface area contributed by atoms with Crippen LogP contribution in [-0.2, 0) is 0 Å². The molecular weight excluding hydrogens is 427 g/mol. The molecule has 0 radical (unpaired) electrons. The maximum atomic E-state index is 5.40. The van der Waals surface area contributed by atoms with E-state index in [1.165, 1.54) is 24.8 Å². The molecule has 1 aromatic carbocycles. The average Bonchev–Trinajstić information content (AvgIpc) is 3.15. The summed E-state index contributed by atoms with van der Waals surface area (Å²) >= 11 is 0. The molecule has 1 aromatic rings. The highest BCUT2D eigenvalue weighted by atomic mass is 127. The summed E-state index contributed by atoms with van der Waals surface area (Å²) < 4.78 is 5.40. The van der Waals surface area contributed by atoms with Crippen LogP contribution < -0.4 is 15.4 Å². The largest absolute Gasteiger partial charge is 0.497 e. The van der Waals surface area contributed by atoms with Gasteiger partial charge in [0.2, 0.25) is 0 Å². The summed E-state index contributed by atoms with van der Waals surface area (Å²) in [4.78, 5) is 6.89. The van der Waals surface area contributed by atoms with E-state index in [2.05, 4.69) is 45.6 Å². The second-order valence-electron chi connectivity index (χ2n) is 6.27. The van der Waals surface area contributed by atoms with Crippen LogP contribution in [-0.4, -0.2) is 51.2 Å². The molecule has 1 unspecified atom stereocenters. The molecule has 25 heavy (non-hydrogen) atoms. The molecule has 0 aromatic heterocycles. The number of nitrogens with one attached hydrogen (secondary N) is 2. The van der Waals surface area contributed by atoms with Crippen molar-refractivity contribution in [1.29, 1.82) is 0 Å². The zero-order valence-corrected chi connectivity index (χ0v) is 18.1. The van der Waals surface area contributed by atoms with E-state index in [1.54, 1.807) is 7.11 Å². The summed E-state index contributed by atoms with van der Waals surface area (Å²) in [6.45, 7) is 6.32. The number of hydrogen-bond donors (Lipinski definition) is 2. The Morgan fingerprint density at radius 3 is 2.68 bits per heavy atom. The van der Waals surface area contributed by atoms with Crippen LogP contribution in [0.2, 0.25) is 0 Å². The first-order chi connectivity index (χ1) is 11.8. The number of nitrogens with zero attached hydrogens (tertiary/aromatic N) is 2. The van der Waals surface area contributed by atoms with E-state index in [9.17, 15) is 0 Å². The van der Waals surface area contributed by atoms with Crippen LogP contribution >= 0.6 is 24.0 Å². The number of benzene rings is 1. The third-order valence-corrected chi connectivity index (χ3v) is 4.57. The normalized spacial score (nSPS) is 16.2. The van der Waals surface area contributed by atoms with Crippen molar-refractivity contribution in [2.24, 2.45) is 4.99 Å². The zero-order chi connectivity index (χ0) is 17.2. The van der Waals surface area contributed by atoms with Gasteiger partial charge in [-0.2, -0.15) is 0 Å². The van der Waals surface area contributed by atoms with Gasteiger partial charge in [0.15, 0.2) is 5.96 Å². The van der Waals surface area contributed by atoms with Crippen molar-refractivity contribution in [2.45, 2.75) is 38.6 Å². The molecule has 1 aliphatic heterocycles. The number of likely N-dealkylation sites (tertiary alicyclic amines) is 1. The number of hydrogen-bond acceptors (Lipinski definition) is 3. The molecule has 142 valence electrons. The Morgan fingerprint density at radius 1 is 1.28 bits per heavy atom. The van der Waals surface area contributed by atoms with Gasteiger partial charge < -0.3 is 15.4 Å². The highest BCUT2D eigenvalue weighted by molar-refractivity contribution is 14.0. The Balaban J connectivity index is 0.00000312. The van der Waals surface area contributed by atoms with Crippen molar-refractivity contribution in [1.82, 2.24) is 15.5 Å². The van der Waals surface area contributed by atoms with E-state index in [0.29, 0.717) is 6.04 Å². The van der Waals surface area contributed by atoms with Crippen molar-refractivity contribution in [2.75, 3.05) is 40.3 Å². The number of unbranched alkanes of at least 4 members (excludes halogenated alkanes) is 1. The Labute approximate surface area is 169 Å². The van der Waals surface area contributed by atoms with Gasteiger partial charge in [0.05, 0.1) is 13.2 Å². The van der Waals surface area contributed by atoms with Gasteiger partial charge in [0.25, 0.3) is 0 Å². The number of halogens is 1. The van der Waals surface area contributed by atoms with Gasteiger partial charge in [0, 0.05) is 20.1 Å². The predicted octanol–water partition coefficient (Wildman–Crippen LogP) is 3.42. The predicted molar refractivity (Wildman–Crippen MR) is 116 cm³/mol. The van der Waals surface area contributed by atoms with E-state index in [1.807, 2.05) is 13.1 Å². The first kappa shape index (κ1) is 22.0. The molecule has 2 N–H and O–H groups in total. The Bertz CT molecular complexity index is 518. The number of aliphatic imine (C=N–C) groups is 1. The lowest BCUT2D eigenvalue weighted by molar-refractivity contribution is 0.245. The van der Waals surface area contributed by atoms with Gasteiger partial charge in [-0.15, -0.1) is 24.0 Å². The van der Waals surface area contributed by atoms with Crippen LogP contribution in [0.15, 0.2) is 29.3 Å². The molecule has 1 aliphatic rings. The summed E-state index contributed by atoms with van der Waals surface area (Å²) in [6.07, 6.45) is 4.91. The summed E-state index contributed by atoms with van der Waals surface area (Å²) in [6, 6.07) is 8.76. The van der Waals surface area contributed by atoms with Gasteiger partial charge in [-0.05, 0) is 50.0 Å². The molecule has 1 fully saturated rings. The second kappa shape index (κ2) is 12.4. The standard InChI is InChI=1S/C19H32N4O.HI/c1-4-5-11-21-19(20-2)22-15-18(23-12-6-7-13-23)16-9-8-10-17(14-16)24-3;/h8-10,14,18H,4-7,11-13,15H2,1-3H3,(H2,20,21,22);1H. The van der Waals surface area contributed by atoms with Crippen LogP contribution in [0.25, 0.3) is 0 Å². The molecule has 2 rings (SSSR count). The number of guanidine groups is 1. The lowest BCUT2D eigenvalue weighted by atomic mass is 10.1. The third kappa shape index (κ3) is 7.01. The number of methoxy groups -OCH3 is 1. The summed E-state index contributed by atoms with van der Waals surface area (Å²) in [7, 11) is 3.55. The Hall–Kier alpha value is -1.02. The van der Waals surface area contributed by atoms with Crippen LogP contribution in [0.5, 0.6) is 5.75 Å². The zero-order valence-electron chi connectivity index (χ0n) is 15.8. The monoisotopic (exact) mass is 460 g/mol. The van der Waals surface area contributed by atoms with Crippen molar-refractivity contribution in [3.05, 3.63) is 29.8 Å². The van der Waals surface area contributed by atoms with Crippen molar-refractivity contribution < 1.29 is 4.74 Å². The molecule has 1 saturated heterocycles.